The number of benzene rings is 2. The van der Waals surface area contributed by atoms with E-state index in [1.807, 2.05) is 44.2 Å². The van der Waals surface area contributed by atoms with Crippen LogP contribution in [0.15, 0.2) is 58.9 Å². The van der Waals surface area contributed by atoms with Crippen molar-refractivity contribution in [2.75, 3.05) is 0 Å². The van der Waals surface area contributed by atoms with Gasteiger partial charge in [0.1, 0.15) is 12.7 Å². The van der Waals surface area contributed by atoms with Crippen LogP contribution in [0.25, 0.3) is 11.8 Å². The van der Waals surface area contributed by atoms with Crippen molar-refractivity contribution in [2.45, 2.75) is 18.7 Å². The molecule has 5 heteroatoms. The normalized spacial score (nSPS) is 15.1. The highest BCUT2D eigenvalue weighted by Crippen LogP contribution is 2.41. The van der Waals surface area contributed by atoms with Crippen molar-refractivity contribution in [1.29, 1.82) is 0 Å². The third-order valence-electron chi connectivity index (χ3n) is 4.01. The SMILES string of the molecule is Cc1ccc2c(c1)SC(=Cc1ccc(-n3cncn3)c(C)c1)C2=O. The summed E-state index contributed by atoms with van der Waals surface area (Å²) in [7, 11) is 0. The zero-order chi connectivity index (χ0) is 16.7. The Bertz CT molecular complexity index is 974. The number of aryl methyl sites for hydroxylation is 2. The maximum Gasteiger partial charge on any atom is 0.200 e. The fourth-order valence-corrected chi connectivity index (χ4v) is 3.95. The first-order chi connectivity index (χ1) is 11.6. The number of allylic oxidation sites excluding steroid dienone is 1. The molecule has 0 amide bonds. The zero-order valence-corrected chi connectivity index (χ0v) is 14.2. The van der Waals surface area contributed by atoms with Gasteiger partial charge in [0.05, 0.1) is 10.6 Å². The smallest absolute Gasteiger partial charge is 0.200 e. The number of ketones is 1. The molecule has 1 aliphatic heterocycles. The number of aromatic nitrogens is 3. The molecule has 0 radical (unpaired) electrons. The summed E-state index contributed by atoms with van der Waals surface area (Å²) in [4.78, 5) is 18.3. The lowest BCUT2D eigenvalue weighted by Gasteiger charge is -2.06. The van der Waals surface area contributed by atoms with Gasteiger partial charge in [0.15, 0.2) is 0 Å². The van der Waals surface area contributed by atoms with Gasteiger partial charge in [-0.1, -0.05) is 23.9 Å². The Morgan fingerprint density at radius 2 is 2.00 bits per heavy atom. The fraction of sp³-hybridized carbons (Fsp3) is 0.105. The highest BCUT2D eigenvalue weighted by molar-refractivity contribution is 8.04. The van der Waals surface area contributed by atoms with Crippen molar-refractivity contribution in [3.8, 4) is 5.69 Å². The number of carbonyl (C=O) groups is 1. The maximum atomic E-state index is 12.5. The van der Waals surface area contributed by atoms with Crippen LogP contribution in [0.2, 0.25) is 0 Å². The summed E-state index contributed by atoms with van der Waals surface area (Å²) in [5.74, 6) is 0.105. The summed E-state index contributed by atoms with van der Waals surface area (Å²) < 4.78 is 1.74. The van der Waals surface area contributed by atoms with Crippen LogP contribution in [0.3, 0.4) is 0 Å². The molecule has 0 aliphatic carbocycles. The summed E-state index contributed by atoms with van der Waals surface area (Å²) in [6, 6.07) is 12.0. The number of rotatable bonds is 2. The van der Waals surface area contributed by atoms with E-state index >= 15 is 0 Å². The van der Waals surface area contributed by atoms with Crippen LogP contribution in [0.5, 0.6) is 0 Å². The summed E-state index contributed by atoms with van der Waals surface area (Å²) in [5, 5.41) is 4.16. The molecule has 4 rings (SSSR count). The van der Waals surface area contributed by atoms with Crippen molar-refractivity contribution in [2.24, 2.45) is 0 Å². The molecule has 0 N–H and O–H groups in total. The number of Topliss-reactive ketones (excluding diaryl/α,β-unsaturated/α-hetero) is 1. The molecule has 2 aromatic carbocycles. The standard InChI is InChI=1S/C19H15N3OS/c1-12-3-5-15-17(7-12)24-18(19(15)23)9-14-4-6-16(13(2)8-14)22-11-20-10-21-22/h3-11H,1-2H3. The van der Waals surface area contributed by atoms with E-state index in [0.29, 0.717) is 0 Å². The number of nitrogens with zero attached hydrogens (tertiary/aromatic N) is 3. The second kappa shape index (κ2) is 5.76. The van der Waals surface area contributed by atoms with Gasteiger partial charge in [-0.05, 0) is 60.9 Å². The molecular weight excluding hydrogens is 318 g/mol. The number of hydrogen-bond acceptors (Lipinski definition) is 4. The molecule has 0 unspecified atom stereocenters. The first-order valence-electron chi connectivity index (χ1n) is 7.62. The predicted molar refractivity (Wildman–Crippen MR) is 95.4 cm³/mol. The van der Waals surface area contributed by atoms with E-state index in [9.17, 15) is 4.79 Å². The lowest BCUT2D eigenvalue weighted by atomic mass is 10.1. The van der Waals surface area contributed by atoms with Crippen LogP contribution in [0.1, 0.15) is 27.0 Å². The highest BCUT2D eigenvalue weighted by atomic mass is 32.2. The fourth-order valence-electron chi connectivity index (χ4n) is 2.80. The molecule has 3 aromatic rings. The van der Waals surface area contributed by atoms with Crippen molar-refractivity contribution in [3.63, 3.8) is 0 Å². The average molecular weight is 333 g/mol. The van der Waals surface area contributed by atoms with E-state index in [1.165, 1.54) is 11.9 Å². The van der Waals surface area contributed by atoms with Crippen LogP contribution in [-0.4, -0.2) is 20.5 Å². The van der Waals surface area contributed by atoms with E-state index in [1.54, 1.807) is 22.8 Å². The Kier molecular flexibility index (Phi) is 3.58. The van der Waals surface area contributed by atoms with Gasteiger partial charge in [0, 0.05) is 10.5 Å². The second-order valence-corrected chi connectivity index (χ2v) is 6.91. The summed E-state index contributed by atoms with van der Waals surface area (Å²) in [6.45, 7) is 4.07. The third kappa shape index (κ3) is 2.57. The third-order valence-corrected chi connectivity index (χ3v) is 5.09. The molecule has 4 nitrogen and oxygen atoms in total. The minimum absolute atomic E-state index is 0.105. The summed E-state index contributed by atoms with van der Waals surface area (Å²) in [6.07, 6.45) is 5.15. The van der Waals surface area contributed by atoms with Gasteiger partial charge in [-0.3, -0.25) is 4.79 Å². The molecule has 0 saturated heterocycles. The van der Waals surface area contributed by atoms with Gasteiger partial charge in [0.25, 0.3) is 0 Å². The topological polar surface area (TPSA) is 47.8 Å². The largest absolute Gasteiger partial charge is 0.288 e. The van der Waals surface area contributed by atoms with E-state index in [2.05, 4.69) is 22.2 Å². The maximum absolute atomic E-state index is 12.5. The van der Waals surface area contributed by atoms with Gasteiger partial charge in [-0.25, -0.2) is 9.67 Å². The van der Waals surface area contributed by atoms with E-state index in [0.717, 1.165) is 32.2 Å². The molecule has 0 spiro atoms. The Morgan fingerprint density at radius 1 is 1.12 bits per heavy atom. The molecular formula is C19H15N3OS. The van der Waals surface area contributed by atoms with Gasteiger partial charge in [0.2, 0.25) is 5.78 Å². The number of carbonyl (C=O) groups excluding carboxylic acids is 1. The monoisotopic (exact) mass is 333 g/mol. The Balaban J connectivity index is 1.68. The molecule has 1 aromatic heterocycles. The zero-order valence-electron chi connectivity index (χ0n) is 13.4. The van der Waals surface area contributed by atoms with Crippen LogP contribution < -0.4 is 0 Å². The Hall–Kier alpha value is -2.66. The lowest BCUT2D eigenvalue weighted by molar-refractivity contribution is 0.104. The van der Waals surface area contributed by atoms with E-state index < -0.39 is 0 Å². The van der Waals surface area contributed by atoms with Crippen molar-refractivity contribution in [3.05, 3.63) is 76.2 Å². The second-order valence-electron chi connectivity index (χ2n) is 5.83. The molecule has 0 atom stereocenters. The minimum Gasteiger partial charge on any atom is -0.288 e. The Labute approximate surface area is 144 Å². The number of thioether (sulfide) groups is 1. The molecule has 24 heavy (non-hydrogen) atoms. The lowest BCUT2D eigenvalue weighted by Crippen LogP contribution is -1.98. The molecule has 0 fully saturated rings. The summed E-state index contributed by atoms with van der Waals surface area (Å²) in [5.41, 5.74) is 5.05. The van der Waals surface area contributed by atoms with Gasteiger partial charge >= 0.3 is 0 Å². The summed E-state index contributed by atoms with van der Waals surface area (Å²) >= 11 is 1.55. The molecule has 0 saturated carbocycles. The molecule has 2 heterocycles. The quantitative estimate of drug-likeness (QED) is 0.659. The van der Waals surface area contributed by atoms with Crippen LogP contribution in [0, 0.1) is 13.8 Å². The van der Waals surface area contributed by atoms with Crippen molar-refractivity contribution in [1.82, 2.24) is 14.8 Å². The van der Waals surface area contributed by atoms with E-state index in [-0.39, 0.29) is 5.78 Å². The van der Waals surface area contributed by atoms with Gasteiger partial charge in [-0.15, -0.1) is 0 Å². The Morgan fingerprint density at radius 3 is 2.75 bits per heavy atom. The van der Waals surface area contributed by atoms with Gasteiger partial charge in [-0.2, -0.15) is 5.10 Å². The molecule has 1 aliphatic rings. The van der Waals surface area contributed by atoms with Crippen LogP contribution in [0.4, 0.5) is 0 Å². The van der Waals surface area contributed by atoms with Crippen LogP contribution in [-0.2, 0) is 0 Å². The van der Waals surface area contributed by atoms with E-state index in [4.69, 9.17) is 0 Å². The average Bonchev–Trinajstić information content (AvgIpc) is 3.17. The first kappa shape index (κ1) is 14.9. The highest BCUT2D eigenvalue weighted by Gasteiger charge is 2.25. The number of fused-ring (bicyclic) bond motifs is 1. The minimum atomic E-state index is 0.105. The van der Waals surface area contributed by atoms with Gasteiger partial charge < -0.3 is 0 Å². The molecule has 118 valence electrons. The van der Waals surface area contributed by atoms with Crippen molar-refractivity contribution >= 4 is 23.6 Å². The molecule has 0 bridgehead atoms. The van der Waals surface area contributed by atoms with Crippen molar-refractivity contribution < 1.29 is 4.79 Å². The number of hydrogen-bond donors (Lipinski definition) is 0. The van der Waals surface area contributed by atoms with Crippen LogP contribution >= 0.6 is 11.8 Å². The first-order valence-corrected chi connectivity index (χ1v) is 8.44. The predicted octanol–water partition coefficient (Wildman–Crippen LogP) is 4.21.